The number of carboxylic acid groups (broad SMARTS) is 1. The van der Waals surface area contributed by atoms with Crippen molar-refractivity contribution >= 4 is 5.97 Å². The average Bonchev–Trinajstić information content (AvgIpc) is 2.22. The van der Waals surface area contributed by atoms with Gasteiger partial charge in [-0.2, -0.15) is 13.2 Å². The number of carboxylic acids is 1. The van der Waals surface area contributed by atoms with Crippen molar-refractivity contribution in [3.8, 4) is 5.75 Å². The van der Waals surface area contributed by atoms with Crippen LogP contribution in [0.4, 0.5) is 13.2 Å². The van der Waals surface area contributed by atoms with Crippen molar-refractivity contribution < 1.29 is 32.5 Å². The summed E-state index contributed by atoms with van der Waals surface area (Å²) in [7, 11) is 0. The quantitative estimate of drug-likeness (QED) is 0.907. The molecule has 1 N–H and O–H groups in total. The molecular weight excluding hydrogens is 253 g/mol. The Morgan fingerprint density at radius 2 is 2.06 bits per heavy atom. The highest BCUT2D eigenvalue weighted by Gasteiger charge is 2.36. The fourth-order valence-electron chi connectivity index (χ4n) is 1.49. The Hall–Kier alpha value is -1.76. The maximum atomic E-state index is 12.7. The number of ether oxygens (including phenoxy) is 2. The molecule has 0 atom stereocenters. The summed E-state index contributed by atoms with van der Waals surface area (Å²) < 4.78 is 48.1. The number of alkyl halides is 3. The molecule has 0 saturated carbocycles. The Morgan fingerprint density at radius 1 is 1.39 bits per heavy atom. The Labute approximate surface area is 99.9 Å². The molecule has 0 aromatic heterocycles. The molecule has 7 heteroatoms. The number of hydrogen-bond donors (Lipinski definition) is 1. The molecule has 1 saturated heterocycles. The first-order chi connectivity index (χ1) is 8.38. The van der Waals surface area contributed by atoms with E-state index >= 15 is 0 Å². The van der Waals surface area contributed by atoms with Gasteiger partial charge in [0.2, 0.25) is 0 Å². The normalized spacial score (nSPS) is 16.2. The van der Waals surface area contributed by atoms with Gasteiger partial charge in [-0.05, 0) is 18.2 Å². The van der Waals surface area contributed by atoms with Crippen LogP contribution in [0.25, 0.3) is 0 Å². The van der Waals surface area contributed by atoms with Gasteiger partial charge in [-0.15, -0.1) is 0 Å². The summed E-state index contributed by atoms with van der Waals surface area (Å²) in [5, 5.41) is 8.70. The third-order valence-electron chi connectivity index (χ3n) is 2.44. The van der Waals surface area contributed by atoms with Gasteiger partial charge >= 0.3 is 12.1 Å². The van der Waals surface area contributed by atoms with E-state index in [2.05, 4.69) is 0 Å². The molecule has 98 valence electrons. The van der Waals surface area contributed by atoms with Crippen LogP contribution in [-0.2, 0) is 10.9 Å². The predicted octanol–water partition coefficient (Wildman–Crippen LogP) is 2.18. The lowest BCUT2D eigenvalue weighted by Gasteiger charge is -2.27. The summed E-state index contributed by atoms with van der Waals surface area (Å²) in [5.41, 5.74) is -2.01. The topological polar surface area (TPSA) is 55.8 Å². The van der Waals surface area contributed by atoms with Crippen LogP contribution in [0, 0.1) is 0 Å². The van der Waals surface area contributed by atoms with Crippen molar-refractivity contribution in [2.45, 2.75) is 12.3 Å². The van der Waals surface area contributed by atoms with Crippen molar-refractivity contribution in [3.63, 3.8) is 0 Å². The van der Waals surface area contributed by atoms with Gasteiger partial charge in [-0.25, -0.2) is 4.79 Å². The van der Waals surface area contributed by atoms with Crippen molar-refractivity contribution in [2.75, 3.05) is 13.2 Å². The van der Waals surface area contributed by atoms with Crippen molar-refractivity contribution in [1.82, 2.24) is 0 Å². The van der Waals surface area contributed by atoms with E-state index in [9.17, 15) is 18.0 Å². The Morgan fingerprint density at radius 3 is 2.50 bits per heavy atom. The second kappa shape index (κ2) is 4.49. The van der Waals surface area contributed by atoms with Crippen LogP contribution in [0.2, 0.25) is 0 Å². The van der Waals surface area contributed by atoms with Crippen LogP contribution in [-0.4, -0.2) is 30.4 Å². The highest BCUT2D eigenvalue weighted by atomic mass is 19.4. The second-order valence-corrected chi connectivity index (χ2v) is 3.79. The lowest BCUT2D eigenvalue weighted by atomic mass is 10.1. The SMILES string of the molecule is O=C(O)c1ccc(OC2COC2)cc1C(F)(F)F. The van der Waals surface area contributed by atoms with Gasteiger partial charge < -0.3 is 14.6 Å². The van der Waals surface area contributed by atoms with Crippen LogP contribution >= 0.6 is 0 Å². The van der Waals surface area contributed by atoms with Gasteiger partial charge in [0.05, 0.1) is 24.3 Å². The molecule has 1 aromatic rings. The van der Waals surface area contributed by atoms with Crippen LogP contribution < -0.4 is 4.74 Å². The molecule has 1 aromatic carbocycles. The van der Waals surface area contributed by atoms with Gasteiger partial charge in [0.1, 0.15) is 11.9 Å². The molecule has 0 aliphatic carbocycles. The first kappa shape index (κ1) is 12.7. The smallest absolute Gasteiger partial charge is 0.417 e. The molecule has 2 rings (SSSR count). The zero-order valence-electron chi connectivity index (χ0n) is 9.03. The summed E-state index contributed by atoms with van der Waals surface area (Å²) in [6, 6.07) is 2.79. The van der Waals surface area contributed by atoms with E-state index in [0.717, 1.165) is 6.07 Å². The highest BCUT2D eigenvalue weighted by Crippen LogP contribution is 2.34. The van der Waals surface area contributed by atoms with Gasteiger partial charge in [0, 0.05) is 0 Å². The molecule has 1 heterocycles. The van der Waals surface area contributed by atoms with E-state index in [1.165, 1.54) is 6.07 Å². The number of aromatic carboxylic acids is 1. The largest absolute Gasteiger partial charge is 0.486 e. The number of hydrogen-bond acceptors (Lipinski definition) is 3. The lowest BCUT2D eigenvalue weighted by Crippen LogP contribution is -2.38. The predicted molar refractivity (Wildman–Crippen MR) is 53.6 cm³/mol. The van der Waals surface area contributed by atoms with Crippen LogP contribution in [0.1, 0.15) is 15.9 Å². The fourth-order valence-corrected chi connectivity index (χ4v) is 1.49. The molecule has 0 unspecified atom stereocenters. The van der Waals surface area contributed by atoms with Gasteiger partial charge in [-0.1, -0.05) is 0 Å². The Bertz CT molecular complexity index is 466. The standard InChI is InChI=1S/C11H9F3O4/c12-11(13,14)9-3-6(18-7-4-17-5-7)1-2-8(9)10(15)16/h1-3,7H,4-5H2,(H,15,16). The number of benzene rings is 1. The summed E-state index contributed by atoms with van der Waals surface area (Å²) in [6.45, 7) is 0.643. The number of carbonyl (C=O) groups is 1. The van der Waals surface area contributed by atoms with Gasteiger partial charge in [0.15, 0.2) is 0 Å². The molecule has 0 amide bonds. The molecule has 1 aliphatic rings. The van der Waals surface area contributed by atoms with Gasteiger partial charge in [-0.3, -0.25) is 0 Å². The summed E-state index contributed by atoms with van der Waals surface area (Å²) >= 11 is 0. The second-order valence-electron chi connectivity index (χ2n) is 3.79. The van der Waals surface area contributed by atoms with E-state index in [4.69, 9.17) is 14.6 Å². The monoisotopic (exact) mass is 262 g/mol. The first-order valence-electron chi connectivity index (χ1n) is 5.07. The van der Waals surface area contributed by atoms with E-state index < -0.39 is 23.3 Å². The minimum atomic E-state index is -4.73. The first-order valence-corrected chi connectivity index (χ1v) is 5.07. The lowest BCUT2D eigenvalue weighted by molar-refractivity contribution is -0.138. The van der Waals surface area contributed by atoms with E-state index in [1.807, 2.05) is 0 Å². The van der Waals surface area contributed by atoms with E-state index in [1.54, 1.807) is 0 Å². The van der Waals surface area contributed by atoms with Crippen molar-refractivity contribution in [2.24, 2.45) is 0 Å². The third kappa shape index (κ3) is 2.56. The Kier molecular flexibility index (Phi) is 3.16. The van der Waals surface area contributed by atoms with Crippen LogP contribution in [0.15, 0.2) is 18.2 Å². The molecular formula is C11H9F3O4. The summed E-state index contributed by atoms with van der Waals surface area (Å²) in [5.74, 6) is -1.64. The zero-order chi connectivity index (χ0) is 13.3. The summed E-state index contributed by atoms with van der Waals surface area (Å²) in [6.07, 6.45) is -5.01. The molecule has 0 bridgehead atoms. The number of halogens is 3. The fraction of sp³-hybridized carbons (Fsp3) is 0.364. The Balaban J connectivity index is 2.32. The minimum absolute atomic E-state index is 0.0133. The van der Waals surface area contributed by atoms with Crippen LogP contribution in [0.3, 0.4) is 0 Å². The summed E-state index contributed by atoms with van der Waals surface area (Å²) in [4.78, 5) is 10.7. The molecule has 0 spiro atoms. The van der Waals surface area contributed by atoms with Crippen molar-refractivity contribution in [1.29, 1.82) is 0 Å². The van der Waals surface area contributed by atoms with E-state index in [0.29, 0.717) is 19.3 Å². The molecule has 18 heavy (non-hydrogen) atoms. The van der Waals surface area contributed by atoms with E-state index in [-0.39, 0.29) is 11.9 Å². The van der Waals surface area contributed by atoms with Gasteiger partial charge in [0.25, 0.3) is 0 Å². The third-order valence-corrected chi connectivity index (χ3v) is 2.44. The average molecular weight is 262 g/mol. The molecule has 1 fully saturated rings. The molecule has 1 aliphatic heterocycles. The molecule has 4 nitrogen and oxygen atoms in total. The van der Waals surface area contributed by atoms with Crippen molar-refractivity contribution in [3.05, 3.63) is 29.3 Å². The maximum Gasteiger partial charge on any atom is 0.417 e. The highest BCUT2D eigenvalue weighted by molar-refractivity contribution is 5.89. The minimum Gasteiger partial charge on any atom is -0.486 e. The zero-order valence-corrected chi connectivity index (χ0v) is 9.03. The maximum absolute atomic E-state index is 12.7. The molecule has 0 radical (unpaired) electrons. The van der Waals surface area contributed by atoms with Crippen LogP contribution in [0.5, 0.6) is 5.75 Å². The number of rotatable bonds is 3.